The van der Waals surface area contributed by atoms with Crippen molar-refractivity contribution < 1.29 is 0 Å². The van der Waals surface area contributed by atoms with Gasteiger partial charge >= 0.3 is 0 Å². The Labute approximate surface area is 127 Å². The average Bonchev–Trinajstić information content (AvgIpc) is 3.38. The van der Waals surface area contributed by atoms with Crippen molar-refractivity contribution >= 4 is 11.6 Å². The summed E-state index contributed by atoms with van der Waals surface area (Å²) in [5.74, 6) is 3.67. The lowest BCUT2D eigenvalue weighted by Crippen LogP contribution is -2.49. The Balaban J connectivity index is 1.71. The van der Waals surface area contributed by atoms with Gasteiger partial charge in [0.05, 0.1) is 0 Å². The van der Waals surface area contributed by atoms with Crippen LogP contribution in [0.3, 0.4) is 0 Å². The lowest BCUT2D eigenvalue weighted by Gasteiger charge is -2.38. The number of anilines is 2. The predicted octanol–water partition coefficient (Wildman–Crippen LogP) is 2.32. The van der Waals surface area contributed by atoms with Crippen LogP contribution in [0.2, 0.25) is 0 Å². The Morgan fingerprint density at radius 1 is 1.24 bits per heavy atom. The van der Waals surface area contributed by atoms with E-state index in [4.69, 9.17) is 4.98 Å². The van der Waals surface area contributed by atoms with Crippen LogP contribution in [0.4, 0.5) is 11.6 Å². The first-order valence-electron chi connectivity index (χ1n) is 8.27. The molecule has 0 spiro atoms. The van der Waals surface area contributed by atoms with Crippen LogP contribution in [0, 0.1) is 0 Å². The molecule has 1 aliphatic carbocycles. The summed E-state index contributed by atoms with van der Waals surface area (Å²) in [5, 5.41) is 3.18. The minimum Gasteiger partial charge on any atom is -0.373 e. The lowest BCUT2D eigenvalue weighted by molar-refractivity contribution is 0.192. The van der Waals surface area contributed by atoms with Crippen molar-refractivity contribution in [3.63, 3.8) is 0 Å². The molecule has 0 bridgehead atoms. The molecule has 21 heavy (non-hydrogen) atoms. The minimum absolute atomic E-state index is 0.596. The fourth-order valence-electron chi connectivity index (χ4n) is 2.92. The summed E-state index contributed by atoms with van der Waals surface area (Å²) >= 11 is 0. The summed E-state index contributed by atoms with van der Waals surface area (Å²) in [6.45, 7) is 8.98. The lowest BCUT2D eigenvalue weighted by atomic mass is 10.2. The summed E-state index contributed by atoms with van der Waals surface area (Å²) in [6.07, 6.45) is 3.71. The van der Waals surface area contributed by atoms with Gasteiger partial charge in [-0.25, -0.2) is 9.97 Å². The van der Waals surface area contributed by atoms with Gasteiger partial charge in [0, 0.05) is 51.3 Å². The number of aromatic nitrogens is 2. The Morgan fingerprint density at radius 3 is 2.52 bits per heavy atom. The normalized spacial score (nSPS) is 21.4. The Hall–Kier alpha value is -1.36. The maximum atomic E-state index is 4.81. The third kappa shape index (κ3) is 3.28. The van der Waals surface area contributed by atoms with E-state index in [0.717, 1.165) is 43.6 Å². The summed E-state index contributed by atoms with van der Waals surface area (Å²) in [4.78, 5) is 14.4. The molecule has 2 fully saturated rings. The molecule has 2 heterocycles. The van der Waals surface area contributed by atoms with E-state index in [0.29, 0.717) is 12.0 Å². The fraction of sp³-hybridized carbons (Fsp3) is 0.750. The van der Waals surface area contributed by atoms with Crippen LogP contribution < -0.4 is 10.2 Å². The zero-order valence-corrected chi connectivity index (χ0v) is 13.5. The van der Waals surface area contributed by atoms with Gasteiger partial charge in [0.1, 0.15) is 17.5 Å². The summed E-state index contributed by atoms with van der Waals surface area (Å²) < 4.78 is 0. The van der Waals surface area contributed by atoms with Crippen molar-refractivity contribution in [2.75, 3.05) is 43.4 Å². The highest BCUT2D eigenvalue weighted by molar-refractivity contribution is 5.50. The van der Waals surface area contributed by atoms with Crippen molar-refractivity contribution in [3.8, 4) is 0 Å². The van der Waals surface area contributed by atoms with Gasteiger partial charge in [-0.05, 0) is 26.2 Å². The van der Waals surface area contributed by atoms with Crippen LogP contribution in [0.25, 0.3) is 0 Å². The van der Waals surface area contributed by atoms with Gasteiger partial charge < -0.3 is 10.2 Å². The first kappa shape index (κ1) is 14.6. The molecule has 1 N–H and O–H groups in total. The molecule has 0 aromatic carbocycles. The van der Waals surface area contributed by atoms with Gasteiger partial charge in [-0.15, -0.1) is 0 Å². The van der Waals surface area contributed by atoms with Gasteiger partial charge in [0.2, 0.25) is 0 Å². The summed E-state index contributed by atoms with van der Waals surface area (Å²) in [5.41, 5.74) is 0. The van der Waals surface area contributed by atoms with E-state index >= 15 is 0 Å². The van der Waals surface area contributed by atoms with Crippen molar-refractivity contribution in [1.82, 2.24) is 14.9 Å². The van der Waals surface area contributed by atoms with Crippen LogP contribution in [-0.2, 0) is 0 Å². The van der Waals surface area contributed by atoms with E-state index in [1.54, 1.807) is 0 Å². The maximum absolute atomic E-state index is 4.81. The Morgan fingerprint density at radius 2 is 1.95 bits per heavy atom. The zero-order valence-electron chi connectivity index (χ0n) is 13.5. The maximum Gasteiger partial charge on any atom is 0.136 e. The third-order valence-corrected chi connectivity index (χ3v) is 4.78. The second-order valence-electron chi connectivity index (χ2n) is 6.27. The third-order valence-electron chi connectivity index (χ3n) is 4.78. The molecular formula is C16H27N5. The number of hydrogen-bond donors (Lipinski definition) is 1. The van der Waals surface area contributed by atoms with Gasteiger partial charge in [0.15, 0.2) is 0 Å². The average molecular weight is 289 g/mol. The van der Waals surface area contributed by atoms with E-state index < -0.39 is 0 Å². The van der Waals surface area contributed by atoms with Crippen molar-refractivity contribution in [1.29, 1.82) is 0 Å². The van der Waals surface area contributed by atoms with Crippen LogP contribution in [0.15, 0.2) is 6.07 Å². The van der Waals surface area contributed by atoms with Crippen molar-refractivity contribution in [2.24, 2.45) is 0 Å². The molecule has 1 saturated heterocycles. The number of nitrogens with zero attached hydrogens (tertiary/aromatic N) is 4. The molecule has 1 aliphatic heterocycles. The van der Waals surface area contributed by atoms with E-state index in [1.807, 2.05) is 7.05 Å². The number of hydrogen-bond acceptors (Lipinski definition) is 5. The summed E-state index contributed by atoms with van der Waals surface area (Å²) in [7, 11) is 1.93. The molecular weight excluding hydrogens is 262 g/mol. The number of rotatable bonds is 5. The first-order chi connectivity index (χ1) is 10.2. The van der Waals surface area contributed by atoms with Crippen LogP contribution in [0.1, 0.15) is 44.9 Å². The second kappa shape index (κ2) is 6.18. The van der Waals surface area contributed by atoms with Crippen molar-refractivity contribution in [2.45, 2.75) is 45.1 Å². The largest absolute Gasteiger partial charge is 0.373 e. The monoisotopic (exact) mass is 289 g/mol. The Bertz CT molecular complexity index is 478. The van der Waals surface area contributed by atoms with Crippen LogP contribution >= 0.6 is 0 Å². The van der Waals surface area contributed by atoms with Crippen molar-refractivity contribution in [3.05, 3.63) is 11.9 Å². The molecule has 116 valence electrons. The van der Waals surface area contributed by atoms with E-state index in [1.165, 1.54) is 19.3 Å². The highest BCUT2D eigenvalue weighted by Crippen LogP contribution is 2.39. The van der Waals surface area contributed by atoms with Crippen LogP contribution in [0.5, 0.6) is 0 Å². The van der Waals surface area contributed by atoms with Gasteiger partial charge in [0.25, 0.3) is 0 Å². The Kier molecular flexibility index (Phi) is 4.29. The molecule has 1 aromatic heterocycles. The second-order valence-corrected chi connectivity index (χ2v) is 6.27. The molecule has 2 aliphatic rings. The molecule has 1 atom stereocenters. The SMILES string of the molecule is CCC(C)N1CCN(c2cc(NC)nc(C3CC3)n2)CC1. The van der Waals surface area contributed by atoms with E-state index in [-0.39, 0.29) is 0 Å². The number of nitrogens with one attached hydrogen (secondary N) is 1. The number of piperazine rings is 1. The molecule has 3 rings (SSSR count). The fourth-order valence-corrected chi connectivity index (χ4v) is 2.92. The highest BCUT2D eigenvalue weighted by atomic mass is 15.3. The topological polar surface area (TPSA) is 44.3 Å². The minimum atomic E-state index is 0.596. The molecule has 5 heteroatoms. The smallest absolute Gasteiger partial charge is 0.136 e. The molecule has 1 saturated carbocycles. The van der Waals surface area contributed by atoms with E-state index in [9.17, 15) is 0 Å². The molecule has 1 unspecified atom stereocenters. The molecule has 0 radical (unpaired) electrons. The summed E-state index contributed by atoms with van der Waals surface area (Å²) in [6, 6.07) is 2.78. The standard InChI is InChI=1S/C16H27N5/c1-4-12(2)20-7-9-21(10-8-20)15-11-14(17-3)18-16(19-15)13-5-6-13/h11-13H,4-10H2,1-3H3,(H,17,18,19). The van der Waals surface area contributed by atoms with E-state index in [2.05, 4.69) is 40.0 Å². The van der Waals surface area contributed by atoms with Gasteiger partial charge in [-0.1, -0.05) is 6.92 Å². The highest BCUT2D eigenvalue weighted by Gasteiger charge is 2.28. The predicted molar refractivity (Wildman–Crippen MR) is 87.1 cm³/mol. The molecule has 1 aromatic rings. The molecule has 5 nitrogen and oxygen atoms in total. The van der Waals surface area contributed by atoms with Crippen LogP contribution in [-0.4, -0.2) is 54.1 Å². The quantitative estimate of drug-likeness (QED) is 0.901. The molecule has 0 amide bonds. The van der Waals surface area contributed by atoms with Gasteiger partial charge in [-0.3, -0.25) is 4.90 Å². The first-order valence-corrected chi connectivity index (χ1v) is 8.27. The van der Waals surface area contributed by atoms with Gasteiger partial charge in [-0.2, -0.15) is 0 Å². The zero-order chi connectivity index (χ0) is 14.8.